The lowest BCUT2D eigenvalue weighted by Gasteiger charge is -2.19. The third kappa shape index (κ3) is 7.64. The third-order valence-electron chi connectivity index (χ3n) is 3.61. The van der Waals surface area contributed by atoms with E-state index >= 15 is 0 Å². The zero-order valence-corrected chi connectivity index (χ0v) is 17.3. The van der Waals surface area contributed by atoms with Crippen molar-refractivity contribution in [2.45, 2.75) is 52.7 Å². The van der Waals surface area contributed by atoms with Crippen molar-refractivity contribution in [2.24, 2.45) is 0 Å². The average Bonchev–Trinajstić information content (AvgIpc) is 3.01. The fourth-order valence-electron chi connectivity index (χ4n) is 2.34. The van der Waals surface area contributed by atoms with Gasteiger partial charge in [0.15, 0.2) is 0 Å². The smallest absolute Gasteiger partial charge is 0.408 e. The normalized spacial score (nSPS) is 11.2. The molecular formula is C20H25FN2O4S. The highest BCUT2D eigenvalue weighted by atomic mass is 32.1. The number of hydrogen-bond donors (Lipinski definition) is 1. The summed E-state index contributed by atoms with van der Waals surface area (Å²) in [6, 6.07) is 4.77. The molecule has 1 aromatic carbocycles. The number of nitrogens with one attached hydrogen (secondary N) is 1. The van der Waals surface area contributed by atoms with Gasteiger partial charge in [-0.3, -0.25) is 4.79 Å². The van der Waals surface area contributed by atoms with Crippen LogP contribution in [0.4, 0.5) is 9.18 Å². The molecule has 0 saturated carbocycles. The Kier molecular flexibility index (Phi) is 7.51. The topological polar surface area (TPSA) is 77.5 Å². The molecule has 8 heteroatoms. The number of carbonyl (C=O) groups excluding carboxylic acids is 2. The van der Waals surface area contributed by atoms with Crippen molar-refractivity contribution in [3.63, 3.8) is 0 Å². The van der Waals surface area contributed by atoms with Gasteiger partial charge in [-0.15, -0.1) is 11.3 Å². The van der Waals surface area contributed by atoms with Gasteiger partial charge in [-0.05, 0) is 57.7 Å². The fraction of sp³-hybridized carbons (Fsp3) is 0.450. The van der Waals surface area contributed by atoms with E-state index in [-0.39, 0.29) is 19.0 Å². The van der Waals surface area contributed by atoms with Crippen molar-refractivity contribution < 1.29 is 23.5 Å². The van der Waals surface area contributed by atoms with Crippen LogP contribution in [-0.4, -0.2) is 29.2 Å². The van der Waals surface area contributed by atoms with Crippen LogP contribution in [0.2, 0.25) is 0 Å². The molecule has 0 bridgehead atoms. The molecule has 28 heavy (non-hydrogen) atoms. The molecule has 1 aromatic heterocycles. The van der Waals surface area contributed by atoms with Gasteiger partial charge in [-0.2, -0.15) is 0 Å². The van der Waals surface area contributed by atoms with E-state index in [1.165, 1.54) is 6.07 Å². The molecule has 0 fully saturated rings. The number of halogens is 1. The van der Waals surface area contributed by atoms with E-state index in [2.05, 4.69) is 10.3 Å². The van der Waals surface area contributed by atoms with Gasteiger partial charge in [0.1, 0.15) is 24.6 Å². The summed E-state index contributed by atoms with van der Waals surface area (Å²) in [6.07, 6.45) is 0.524. The molecule has 2 aromatic rings. The molecule has 0 spiro atoms. The zero-order valence-electron chi connectivity index (χ0n) is 16.5. The van der Waals surface area contributed by atoms with E-state index in [4.69, 9.17) is 9.47 Å². The van der Waals surface area contributed by atoms with E-state index in [1.54, 1.807) is 44.2 Å². The minimum atomic E-state index is -0.699. The van der Waals surface area contributed by atoms with Crippen molar-refractivity contribution >= 4 is 23.4 Å². The monoisotopic (exact) mass is 408 g/mol. The van der Waals surface area contributed by atoms with Crippen LogP contribution in [0.25, 0.3) is 0 Å². The van der Waals surface area contributed by atoms with E-state index < -0.39 is 17.7 Å². The second kappa shape index (κ2) is 9.64. The van der Waals surface area contributed by atoms with E-state index in [1.807, 2.05) is 12.3 Å². The van der Waals surface area contributed by atoms with Crippen molar-refractivity contribution in [1.82, 2.24) is 10.3 Å². The number of benzene rings is 1. The van der Waals surface area contributed by atoms with Gasteiger partial charge in [-0.1, -0.05) is 12.1 Å². The number of nitrogens with zero attached hydrogens (tertiary/aromatic N) is 1. The van der Waals surface area contributed by atoms with Gasteiger partial charge in [0.2, 0.25) is 0 Å². The molecule has 1 N–H and O–H groups in total. The number of esters is 1. The lowest BCUT2D eigenvalue weighted by molar-refractivity contribution is -0.143. The first-order chi connectivity index (χ1) is 13.1. The summed E-state index contributed by atoms with van der Waals surface area (Å²) >= 11 is 1.58. The van der Waals surface area contributed by atoms with Crippen LogP contribution in [0, 0.1) is 12.7 Å². The van der Waals surface area contributed by atoms with E-state index in [0.717, 1.165) is 10.7 Å². The summed E-state index contributed by atoms with van der Waals surface area (Å²) in [7, 11) is 0. The Balaban J connectivity index is 1.77. The minimum Gasteiger partial charge on any atom is -0.459 e. The summed E-state index contributed by atoms with van der Waals surface area (Å²) in [4.78, 5) is 27.6. The van der Waals surface area contributed by atoms with Crippen LogP contribution in [-0.2, 0) is 33.7 Å². The molecule has 1 amide bonds. The molecule has 6 nitrogen and oxygen atoms in total. The third-order valence-corrected chi connectivity index (χ3v) is 4.43. The van der Waals surface area contributed by atoms with E-state index in [9.17, 15) is 14.0 Å². The number of carbonyl (C=O) groups is 2. The summed E-state index contributed by atoms with van der Waals surface area (Å²) in [6.45, 7) is 6.72. The van der Waals surface area contributed by atoms with Crippen LogP contribution in [0.3, 0.4) is 0 Å². The Morgan fingerprint density at radius 2 is 2.00 bits per heavy atom. The Morgan fingerprint density at radius 3 is 2.61 bits per heavy atom. The zero-order chi connectivity index (χ0) is 20.7. The number of thiazole rings is 1. The Bertz CT molecular complexity index is 830. The van der Waals surface area contributed by atoms with Gasteiger partial charge < -0.3 is 14.8 Å². The number of aromatic nitrogens is 1. The van der Waals surface area contributed by atoms with Crippen LogP contribution < -0.4 is 5.32 Å². The van der Waals surface area contributed by atoms with Crippen molar-refractivity contribution in [3.05, 3.63) is 51.2 Å². The SMILES string of the molecule is Cc1nc(CCc2ccc(COC(=O)CNC(=O)OC(C)(C)C)cc2F)cs1. The number of rotatable bonds is 7. The van der Waals surface area contributed by atoms with Crippen molar-refractivity contribution in [3.8, 4) is 0 Å². The molecule has 0 unspecified atom stereocenters. The maximum atomic E-state index is 14.3. The molecule has 1 heterocycles. The van der Waals surface area contributed by atoms with Crippen molar-refractivity contribution in [2.75, 3.05) is 6.54 Å². The Hall–Kier alpha value is -2.48. The second-order valence-electron chi connectivity index (χ2n) is 7.30. The molecule has 0 aliphatic carbocycles. The van der Waals surface area contributed by atoms with Gasteiger partial charge >= 0.3 is 12.1 Å². The Morgan fingerprint density at radius 1 is 1.25 bits per heavy atom. The fourth-order valence-corrected chi connectivity index (χ4v) is 2.99. The molecule has 0 aliphatic heterocycles. The first-order valence-corrected chi connectivity index (χ1v) is 9.81. The number of hydrogen-bond acceptors (Lipinski definition) is 6. The largest absolute Gasteiger partial charge is 0.459 e. The highest BCUT2D eigenvalue weighted by Gasteiger charge is 2.17. The predicted molar refractivity (Wildman–Crippen MR) is 105 cm³/mol. The standard InChI is InChI=1S/C20H25FN2O4S/c1-13-23-16(12-28-13)8-7-15-6-5-14(9-17(15)21)11-26-18(24)10-22-19(25)27-20(2,3)4/h5-6,9,12H,7-8,10-11H2,1-4H3,(H,22,25). The summed E-state index contributed by atoms with van der Waals surface area (Å²) in [5, 5.41) is 5.29. The number of ether oxygens (including phenoxy) is 2. The molecular weight excluding hydrogens is 383 g/mol. The highest BCUT2D eigenvalue weighted by molar-refractivity contribution is 7.09. The maximum Gasteiger partial charge on any atom is 0.408 e. The molecule has 0 radical (unpaired) electrons. The molecule has 0 aliphatic rings. The average molecular weight is 408 g/mol. The number of alkyl carbamates (subject to hydrolysis) is 1. The first kappa shape index (κ1) is 21.8. The summed E-state index contributed by atoms with van der Waals surface area (Å²) in [5.74, 6) is -0.971. The van der Waals surface area contributed by atoms with Crippen LogP contribution >= 0.6 is 11.3 Å². The van der Waals surface area contributed by atoms with E-state index in [0.29, 0.717) is 24.0 Å². The molecule has 0 saturated heterocycles. The molecule has 0 atom stereocenters. The predicted octanol–water partition coefficient (Wildman–Crippen LogP) is 3.94. The minimum absolute atomic E-state index is 0.0721. The molecule has 152 valence electrons. The van der Waals surface area contributed by atoms with Crippen LogP contribution in [0.5, 0.6) is 0 Å². The van der Waals surface area contributed by atoms with Gasteiger partial charge in [0.05, 0.1) is 10.7 Å². The first-order valence-electron chi connectivity index (χ1n) is 8.93. The Labute approximate surface area is 168 Å². The lowest BCUT2D eigenvalue weighted by Crippen LogP contribution is -2.36. The highest BCUT2D eigenvalue weighted by Crippen LogP contribution is 2.16. The molecule has 2 rings (SSSR count). The number of amides is 1. The maximum absolute atomic E-state index is 14.3. The summed E-state index contributed by atoms with van der Waals surface area (Å²) < 4.78 is 24.3. The van der Waals surface area contributed by atoms with Crippen LogP contribution in [0.1, 0.15) is 42.6 Å². The quantitative estimate of drug-likeness (QED) is 0.702. The lowest BCUT2D eigenvalue weighted by atomic mass is 10.1. The van der Waals surface area contributed by atoms with Gasteiger partial charge in [0.25, 0.3) is 0 Å². The van der Waals surface area contributed by atoms with Gasteiger partial charge in [0, 0.05) is 5.38 Å². The van der Waals surface area contributed by atoms with Crippen LogP contribution in [0.15, 0.2) is 23.6 Å². The second-order valence-corrected chi connectivity index (χ2v) is 8.36. The van der Waals surface area contributed by atoms with Gasteiger partial charge in [-0.25, -0.2) is 14.2 Å². The van der Waals surface area contributed by atoms with Crippen molar-refractivity contribution in [1.29, 1.82) is 0 Å². The summed E-state index contributed by atoms with van der Waals surface area (Å²) in [5.41, 5.74) is 1.44. The number of aryl methyl sites for hydroxylation is 3.